The summed E-state index contributed by atoms with van der Waals surface area (Å²) < 4.78 is 41.0. The third-order valence-electron chi connectivity index (χ3n) is 9.53. The molecule has 0 aromatic rings. The van der Waals surface area contributed by atoms with Crippen LogP contribution >= 0.6 is 0 Å². The predicted octanol–water partition coefficient (Wildman–Crippen LogP) is 4.81. The van der Waals surface area contributed by atoms with E-state index in [4.69, 9.17) is 0 Å². The molecule has 0 aromatic carbocycles. The molecule has 4 saturated carbocycles. The summed E-state index contributed by atoms with van der Waals surface area (Å²) in [7, 11) is 0. The molecular formula is C21H27F3O2. The van der Waals surface area contributed by atoms with Crippen LogP contribution in [0.15, 0.2) is 11.1 Å². The van der Waals surface area contributed by atoms with E-state index in [1.807, 2.05) is 6.92 Å². The van der Waals surface area contributed by atoms with E-state index in [1.165, 1.54) is 0 Å². The lowest BCUT2D eigenvalue weighted by atomic mass is 9.45. The van der Waals surface area contributed by atoms with Gasteiger partial charge in [-0.05, 0) is 84.5 Å². The molecule has 0 radical (unpaired) electrons. The molecule has 0 heterocycles. The number of rotatable bonds is 0. The molecule has 5 heteroatoms. The van der Waals surface area contributed by atoms with Gasteiger partial charge >= 0.3 is 6.18 Å². The van der Waals surface area contributed by atoms with Crippen molar-refractivity contribution in [2.24, 2.45) is 34.0 Å². The summed E-state index contributed by atoms with van der Waals surface area (Å²) >= 11 is 0. The SMILES string of the molecule is C[C@]12CCC(=O)C(C(F)(F)F)=C1CC[C@@H]1[C@@H]2CC[C@]2(C)[C@@H](O)C[C@@H]3C[C@]312. The molecule has 0 aromatic heterocycles. The number of alkyl halides is 3. The summed E-state index contributed by atoms with van der Waals surface area (Å²) in [5.74, 6) is 0.472. The molecule has 1 spiro atoms. The number of halogens is 3. The molecule has 0 amide bonds. The zero-order chi connectivity index (χ0) is 18.7. The van der Waals surface area contributed by atoms with Crippen LogP contribution in [-0.4, -0.2) is 23.2 Å². The molecule has 5 aliphatic carbocycles. The Labute approximate surface area is 152 Å². The highest BCUT2D eigenvalue weighted by atomic mass is 19.4. The number of fused-ring (bicyclic) bond motifs is 3. The largest absolute Gasteiger partial charge is 0.419 e. The number of hydrogen-bond donors (Lipinski definition) is 1. The monoisotopic (exact) mass is 368 g/mol. The smallest absolute Gasteiger partial charge is 0.393 e. The van der Waals surface area contributed by atoms with Crippen molar-refractivity contribution in [1.82, 2.24) is 0 Å². The van der Waals surface area contributed by atoms with Crippen molar-refractivity contribution in [1.29, 1.82) is 0 Å². The van der Waals surface area contributed by atoms with Gasteiger partial charge in [0, 0.05) is 6.42 Å². The van der Waals surface area contributed by atoms with Gasteiger partial charge in [-0.25, -0.2) is 0 Å². The van der Waals surface area contributed by atoms with Crippen LogP contribution in [0.5, 0.6) is 0 Å². The molecule has 5 aliphatic rings. The Hall–Kier alpha value is -0.840. The van der Waals surface area contributed by atoms with Crippen LogP contribution in [0.1, 0.15) is 65.2 Å². The van der Waals surface area contributed by atoms with Crippen molar-refractivity contribution >= 4 is 5.78 Å². The van der Waals surface area contributed by atoms with E-state index in [0.29, 0.717) is 30.3 Å². The lowest BCUT2D eigenvalue weighted by Crippen LogP contribution is -2.54. The van der Waals surface area contributed by atoms with Crippen LogP contribution in [0.2, 0.25) is 0 Å². The first-order chi connectivity index (χ1) is 12.1. The lowest BCUT2D eigenvalue weighted by molar-refractivity contribution is -0.137. The minimum Gasteiger partial charge on any atom is -0.393 e. The Kier molecular flexibility index (Phi) is 3.16. The number of hydrogen-bond acceptors (Lipinski definition) is 2. The first-order valence-electron chi connectivity index (χ1n) is 10.1. The Balaban J connectivity index is 1.60. The van der Waals surface area contributed by atoms with Gasteiger partial charge in [-0.15, -0.1) is 0 Å². The van der Waals surface area contributed by atoms with E-state index in [-0.39, 0.29) is 29.3 Å². The second-order valence-electron chi connectivity index (χ2n) is 10.1. The molecule has 144 valence electrons. The topological polar surface area (TPSA) is 37.3 Å². The quantitative estimate of drug-likeness (QED) is 0.666. The highest BCUT2D eigenvalue weighted by Gasteiger charge is 2.78. The highest BCUT2D eigenvalue weighted by Crippen LogP contribution is 2.82. The van der Waals surface area contributed by atoms with E-state index < -0.39 is 22.9 Å². The maximum absolute atomic E-state index is 13.7. The standard InChI is InChI=1S/C21H27F3O2/c1-18-7-6-15(25)17(21(22,23)24)14(18)4-3-13-12(18)5-8-19(2)16(26)9-11-10-20(11,13)19/h11-13,16,26H,3-10H2,1-2H3/t11-,12+,13-,16+,18-,19-,20+/m1/s1. The maximum Gasteiger partial charge on any atom is 0.419 e. The molecule has 0 saturated heterocycles. The summed E-state index contributed by atoms with van der Waals surface area (Å²) in [5.41, 5.74) is -0.844. The Morgan fingerprint density at radius 2 is 1.81 bits per heavy atom. The first kappa shape index (κ1) is 17.3. The Morgan fingerprint density at radius 1 is 1.08 bits per heavy atom. The molecule has 0 aliphatic heterocycles. The van der Waals surface area contributed by atoms with Gasteiger partial charge in [-0.2, -0.15) is 13.2 Å². The molecule has 0 unspecified atom stereocenters. The van der Waals surface area contributed by atoms with E-state index in [1.54, 1.807) is 0 Å². The van der Waals surface area contributed by atoms with Crippen LogP contribution in [0.25, 0.3) is 0 Å². The number of Topliss-reactive ketones (excluding diaryl/α,β-unsaturated/α-hetero) is 1. The molecular weight excluding hydrogens is 341 g/mol. The zero-order valence-corrected chi connectivity index (χ0v) is 15.5. The number of ketones is 1. The summed E-state index contributed by atoms with van der Waals surface area (Å²) in [6.45, 7) is 4.22. The average Bonchev–Trinajstić information content (AvgIpc) is 3.20. The van der Waals surface area contributed by atoms with E-state index in [9.17, 15) is 23.1 Å². The summed E-state index contributed by atoms with van der Waals surface area (Å²) in [5, 5.41) is 10.6. The highest BCUT2D eigenvalue weighted by molar-refractivity contribution is 5.98. The predicted molar refractivity (Wildman–Crippen MR) is 90.1 cm³/mol. The van der Waals surface area contributed by atoms with Crippen molar-refractivity contribution in [3.05, 3.63) is 11.1 Å². The van der Waals surface area contributed by atoms with E-state index in [0.717, 1.165) is 32.1 Å². The number of carbonyl (C=O) groups is 1. The van der Waals surface area contributed by atoms with Gasteiger partial charge < -0.3 is 5.11 Å². The fraction of sp³-hybridized carbons (Fsp3) is 0.857. The number of carbonyl (C=O) groups excluding carboxylic acids is 1. The van der Waals surface area contributed by atoms with Crippen molar-refractivity contribution in [2.45, 2.75) is 77.5 Å². The van der Waals surface area contributed by atoms with Gasteiger partial charge in [0.1, 0.15) is 0 Å². The summed E-state index contributed by atoms with van der Waals surface area (Å²) in [6.07, 6.45) is 0.735. The molecule has 2 nitrogen and oxygen atoms in total. The fourth-order valence-corrected chi connectivity index (χ4v) is 8.25. The minimum absolute atomic E-state index is 0.0222. The summed E-state index contributed by atoms with van der Waals surface area (Å²) in [4.78, 5) is 12.1. The Morgan fingerprint density at radius 3 is 2.50 bits per heavy atom. The fourth-order valence-electron chi connectivity index (χ4n) is 8.25. The van der Waals surface area contributed by atoms with Gasteiger partial charge in [0.15, 0.2) is 5.78 Å². The number of allylic oxidation sites excluding steroid dienone is 1. The molecule has 26 heavy (non-hydrogen) atoms. The summed E-state index contributed by atoms with van der Waals surface area (Å²) in [6, 6.07) is 0. The van der Waals surface area contributed by atoms with E-state index in [2.05, 4.69) is 6.92 Å². The van der Waals surface area contributed by atoms with Crippen molar-refractivity contribution < 1.29 is 23.1 Å². The second-order valence-corrected chi connectivity index (χ2v) is 10.1. The average molecular weight is 368 g/mol. The van der Waals surface area contributed by atoms with Gasteiger partial charge in [0.25, 0.3) is 0 Å². The van der Waals surface area contributed by atoms with Crippen LogP contribution in [0, 0.1) is 34.0 Å². The number of aliphatic hydroxyl groups excluding tert-OH is 1. The van der Waals surface area contributed by atoms with Gasteiger partial charge in [-0.3, -0.25) is 4.79 Å². The lowest BCUT2D eigenvalue weighted by Gasteiger charge is -2.59. The molecule has 5 rings (SSSR count). The van der Waals surface area contributed by atoms with Crippen molar-refractivity contribution in [2.75, 3.05) is 0 Å². The normalized spacial score (nSPS) is 52.9. The third-order valence-corrected chi connectivity index (χ3v) is 9.53. The molecule has 4 fully saturated rings. The van der Waals surface area contributed by atoms with Gasteiger partial charge in [-0.1, -0.05) is 13.8 Å². The van der Waals surface area contributed by atoms with Crippen LogP contribution in [0.4, 0.5) is 13.2 Å². The van der Waals surface area contributed by atoms with E-state index >= 15 is 0 Å². The van der Waals surface area contributed by atoms with Crippen molar-refractivity contribution in [3.63, 3.8) is 0 Å². The second kappa shape index (κ2) is 4.76. The molecule has 1 N–H and O–H groups in total. The van der Waals surface area contributed by atoms with Crippen LogP contribution < -0.4 is 0 Å². The maximum atomic E-state index is 13.7. The molecule has 0 bridgehead atoms. The first-order valence-corrected chi connectivity index (χ1v) is 10.1. The van der Waals surface area contributed by atoms with Gasteiger partial charge in [0.2, 0.25) is 0 Å². The zero-order valence-electron chi connectivity index (χ0n) is 15.5. The van der Waals surface area contributed by atoms with Crippen LogP contribution in [0.3, 0.4) is 0 Å². The van der Waals surface area contributed by atoms with Crippen LogP contribution in [-0.2, 0) is 4.79 Å². The third kappa shape index (κ3) is 1.77. The number of aliphatic hydroxyl groups is 1. The van der Waals surface area contributed by atoms with Gasteiger partial charge in [0.05, 0.1) is 11.7 Å². The minimum atomic E-state index is -4.53. The molecule has 7 atom stereocenters. The van der Waals surface area contributed by atoms with Crippen molar-refractivity contribution in [3.8, 4) is 0 Å². The Bertz CT molecular complexity index is 725.